The van der Waals surface area contributed by atoms with Crippen LogP contribution in [0.25, 0.3) is 10.9 Å². The quantitative estimate of drug-likeness (QED) is 0.675. The maximum absolute atomic E-state index is 13.5. The van der Waals surface area contributed by atoms with Gasteiger partial charge in [-0.1, -0.05) is 0 Å². The van der Waals surface area contributed by atoms with Crippen molar-refractivity contribution in [2.24, 2.45) is 0 Å². The van der Waals surface area contributed by atoms with Gasteiger partial charge in [-0.25, -0.2) is 24.3 Å². The molecule has 0 bridgehead atoms. The van der Waals surface area contributed by atoms with E-state index in [4.69, 9.17) is 0 Å². The van der Waals surface area contributed by atoms with Gasteiger partial charge in [0.15, 0.2) is 0 Å². The van der Waals surface area contributed by atoms with Crippen LogP contribution in [0.2, 0.25) is 0 Å². The molecule has 0 spiro atoms. The summed E-state index contributed by atoms with van der Waals surface area (Å²) in [6, 6.07) is 4.54. The fourth-order valence-electron chi connectivity index (χ4n) is 2.52. The number of nitrogens with zero attached hydrogens (tertiary/aromatic N) is 5. The second kappa shape index (κ2) is 4.19. The van der Waals surface area contributed by atoms with Gasteiger partial charge in [-0.2, -0.15) is 0 Å². The number of halogens is 1. The molecule has 0 saturated heterocycles. The van der Waals surface area contributed by atoms with Crippen LogP contribution in [0.3, 0.4) is 0 Å². The summed E-state index contributed by atoms with van der Waals surface area (Å²) >= 11 is 0. The average molecular weight is 267 g/mol. The van der Waals surface area contributed by atoms with Gasteiger partial charge in [0.05, 0.1) is 17.8 Å². The van der Waals surface area contributed by atoms with Gasteiger partial charge in [0, 0.05) is 23.7 Å². The van der Waals surface area contributed by atoms with Crippen molar-refractivity contribution in [3.8, 4) is 0 Å². The van der Waals surface area contributed by atoms with E-state index < -0.39 is 0 Å². The first-order valence-corrected chi connectivity index (χ1v) is 6.24. The van der Waals surface area contributed by atoms with Crippen LogP contribution in [-0.2, 0) is 13.1 Å². The molecule has 5 nitrogen and oxygen atoms in total. The van der Waals surface area contributed by atoms with Gasteiger partial charge in [-0.3, -0.25) is 0 Å². The molecule has 0 radical (unpaired) electrons. The third-order valence-electron chi connectivity index (χ3n) is 3.46. The number of anilines is 1. The van der Waals surface area contributed by atoms with Gasteiger partial charge in [0.2, 0.25) is 0 Å². The normalized spacial score (nSPS) is 13.8. The third kappa shape index (κ3) is 1.69. The Bertz CT molecular complexity index is 779. The Morgan fingerprint density at radius 2 is 2.00 bits per heavy atom. The first-order chi connectivity index (χ1) is 9.81. The van der Waals surface area contributed by atoms with E-state index in [1.807, 2.05) is 6.20 Å². The predicted molar refractivity (Wildman–Crippen MR) is 71.4 cm³/mol. The molecular weight excluding hydrogens is 257 g/mol. The number of hydrogen-bond acceptors (Lipinski definition) is 5. The van der Waals surface area contributed by atoms with E-state index in [0.29, 0.717) is 18.5 Å². The van der Waals surface area contributed by atoms with Crippen LogP contribution < -0.4 is 4.90 Å². The lowest BCUT2D eigenvalue weighted by atomic mass is 10.2. The molecule has 0 aliphatic carbocycles. The summed E-state index contributed by atoms with van der Waals surface area (Å²) in [6.07, 6.45) is 4.86. The monoisotopic (exact) mass is 267 g/mol. The predicted octanol–water partition coefficient (Wildman–Crippen LogP) is 2.08. The number of benzene rings is 1. The topological polar surface area (TPSA) is 54.8 Å². The maximum Gasteiger partial charge on any atom is 0.140 e. The minimum absolute atomic E-state index is 0.287. The number of hydrogen-bond donors (Lipinski definition) is 0. The lowest BCUT2D eigenvalue weighted by molar-refractivity contribution is 0.629. The molecule has 3 heterocycles. The first-order valence-electron chi connectivity index (χ1n) is 6.24. The van der Waals surface area contributed by atoms with Crippen molar-refractivity contribution in [3.05, 3.63) is 54.1 Å². The van der Waals surface area contributed by atoms with E-state index in [-0.39, 0.29) is 5.82 Å². The van der Waals surface area contributed by atoms with E-state index in [9.17, 15) is 4.39 Å². The van der Waals surface area contributed by atoms with Crippen LogP contribution in [0.1, 0.15) is 11.3 Å². The highest BCUT2D eigenvalue weighted by Crippen LogP contribution is 2.30. The lowest BCUT2D eigenvalue weighted by Gasteiger charge is -2.17. The van der Waals surface area contributed by atoms with Gasteiger partial charge >= 0.3 is 0 Å². The maximum atomic E-state index is 13.5. The number of fused-ring (bicyclic) bond motifs is 2. The van der Waals surface area contributed by atoms with E-state index in [2.05, 4.69) is 24.8 Å². The first kappa shape index (κ1) is 11.2. The summed E-state index contributed by atoms with van der Waals surface area (Å²) in [5.41, 5.74) is 2.80. The molecule has 1 aliphatic heterocycles. The molecule has 0 amide bonds. The minimum Gasteiger partial charge on any atom is -0.346 e. The van der Waals surface area contributed by atoms with Crippen LogP contribution >= 0.6 is 0 Å². The van der Waals surface area contributed by atoms with Crippen LogP contribution in [0.5, 0.6) is 0 Å². The highest BCUT2D eigenvalue weighted by molar-refractivity contribution is 5.89. The van der Waals surface area contributed by atoms with Crippen molar-refractivity contribution in [2.45, 2.75) is 13.1 Å². The van der Waals surface area contributed by atoms with Crippen LogP contribution in [-0.4, -0.2) is 19.9 Å². The Morgan fingerprint density at radius 1 is 1.05 bits per heavy atom. The summed E-state index contributed by atoms with van der Waals surface area (Å²) in [4.78, 5) is 18.8. The van der Waals surface area contributed by atoms with Crippen LogP contribution in [0.4, 0.5) is 10.2 Å². The summed E-state index contributed by atoms with van der Waals surface area (Å²) in [5.74, 6) is 0.442. The Hall–Kier alpha value is -2.63. The second-order valence-electron chi connectivity index (χ2n) is 4.71. The molecule has 0 fully saturated rings. The van der Waals surface area contributed by atoms with Crippen LogP contribution in [0, 0.1) is 5.82 Å². The smallest absolute Gasteiger partial charge is 0.140 e. The molecule has 1 aromatic carbocycles. The average Bonchev–Trinajstić information content (AvgIpc) is 2.90. The summed E-state index contributed by atoms with van der Waals surface area (Å²) in [6.45, 7) is 1.33. The molecule has 2 aromatic heterocycles. The van der Waals surface area contributed by atoms with E-state index in [1.54, 1.807) is 12.4 Å². The van der Waals surface area contributed by atoms with Crippen molar-refractivity contribution in [1.82, 2.24) is 19.9 Å². The molecule has 0 saturated carbocycles. The molecule has 1 aliphatic rings. The number of aromatic nitrogens is 4. The molecular formula is C14H10FN5. The molecule has 0 atom stereocenters. The Morgan fingerprint density at radius 3 is 2.90 bits per heavy atom. The van der Waals surface area contributed by atoms with Gasteiger partial charge in [-0.15, -0.1) is 0 Å². The minimum atomic E-state index is -0.287. The molecule has 3 aromatic rings. The molecule has 6 heteroatoms. The van der Waals surface area contributed by atoms with Crippen molar-refractivity contribution in [2.75, 3.05) is 4.90 Å². The van der Waals surface area contributed by atoms with Crippen LogP contribution in [0.15, 0.2) is 37.1 Å². The standard InChI is InChI=1S/C14H10FN5/c15-10-1-2-12-11(3-10)14(19-8-18-12)20-5-9-4-16-7-17-13(9)6-20/h1-4,7-8H,5-6H2. The Kier molecular flexibility index (Phi) is 2.35. The van der Waals surface area contributed by atoms with Crippen molar-refractivity contribution in [3.63, 3.8) is 0 Å². The van der Waals surface area contributed by atoms with Crippen molar-refractivity contribution >= 4 is 16.7 Å². The highest BCUT2D eigenvalue weighted by atomic mass is 19.1. The summed E-state index contributed by atoms with van der Waals surface area (Å²) in [5, 5.41) is 0.716. The SMILES string of the molecule is Fc1ccc2ncnc(N3Cc4cncnc4C3)c2c1. The summed E-state index contributed by atoms with van der Waals surface area (Å²) in [7, 11) is 0. The Labute approximate surface area is 114 Å². The zero-order chi connectivity index (χ0) is 13.5. The molecule has 98 valence electrons. The molecule has 20 heavy (non-hydrogen) atoms. The van der Waals surface area contributed by atoms with Gasteiger partial charge in [-0.05, 0) is 18.2 Å². The van der Waals surface area contributed by atoms with Gasteiger partial charge in [0.1, 0.15) is 24.3 Å². The van der Waals surface area contributed by atoms with E-state index >= 15 is 0 Å². The lowest BCUT2D eigenvalue weighted by Crippen LogP contribution is -2.16. The fraction of sp³-hybridized carbons (Fsp3) is 0.143. The molecule has 0 unspecified atom stereocenters. The fourth-order valence-corrected chi connectivity index (χ4v) is 2.52. The largest absolute Gasteiger partial charge is 0.346 e. The van der Waals surface area contributed by atoms with Crippen molar-refractivity contribution < 1.29 is 4.39 Å². The third-order valence-corrected chi connectivity index (χ3v) is 3.46. The zero-order valence-corrected chi connectivity index (χ0v) is 10.5. The van der Waals surface area contributed by atoms with Gasteiger partial charge in [0.25, 0.3) is 0 Å². The summed E-state index contributed by atoms with van der Waals surface area (Å²) < 4.78 is 13.5. The Balaban J connectivity index is 1.83. The number of rotatable bonds is 1. The molecule has 4 rings (SSSR count). The van der Waals surface area contributed by atoms with E-state index in [0.717, 1.165) is 22.6 Å². The zero-order valence-electron chi connectivity index (χ0n) is 10.5. The molecule has 0 N–H and O–H groups in total. The van der Waals surface area contributed by atoms with E-state index in [1.165, 1.54) is 18.5 Å². The highest BCUT2D eigenvalue weighted by Gasteiger charge is 2.23. The van der Waals surface area contributed by atoms with Crippen molar-refractivity contribution in [1.29, 1.82) is 0 Å². The van der Waals surface area contributed by atoms with Gasteiger partial charge < -0.3 is 4.90 Å². The second-order valence-corrected chi connectivity index (χ2v) is 4.71.